The van der Waals surface area contributed by atoms with Crippen LogP contribution in [0, 0.1) is 5.82 Å². The summed E-state index contributed by atoms with van der Waals surface area (Å²) in [6, 6.07) is 3.42. The molecule has 1 aromatic rings. The second-order valence-corrected chi connectivity index (χ2v) is 3.45. The molecule has 0 bridgehead atoms. The van der Waals surface area contributed by atoms with Gasteiger partial charge in [0.2, 0.25) is 0 Å². The van der Waals surface area contributed by atoms with Gasteiger partial charge in [-0.3, -0.25) is 0 Å². The fraction of sp³-hybridized carbons (Fsp3) is 0.250. The zero-order chi connectivity index (χ0) is 10.8. The highest BCUT2D eigenvalue weighted by atomic mass is 79.9. The molecule has 0 fully saturated rings. The number of rotatable bonds is 2. The first-order chi connectivity index (χ1) is 6.38. The normalized spacial score (nSPS) is 11.5. The minimum Gasteiger partial charge on any atom is -0.376 e. The Morgan fingerprint density at radius 3 is 2.43 bits per heavy atom. The predicted octanol–water partition coefficient (Wildman–Crippen LogP) is 3.56. The van der Waals surface area contributed by atoms with Gasteiger partial charge in [0.25, 0.3) is 0 Å². The Balaban J connectivity index is 2.68. The number of hydrogen-bond donors (Lipinski definition) is 1. The van der Waals surface area contributed by atoms with Gasteiger partial charge in [-0.15, -0.1) is 0 Å². The molecule has 1 rings (SSSR count). The summed E-state index contributed by atoms with van der Waals surface area (Å²) in [5.74, 6) is -0.505. The van der Waals surface area contributed by atoms with E-state index >= 15 is 0 Å². The van der Waals surface area contributed by atoms with E-state index in [1.165, 1.54) is 6.07 Å². The van der Waals surface area contributed by atoms with E-state index < -0.39 is 18.5 Å². The molecule has 0 aliphatic rings. The highest BCUT2D eigenvalue weighted by Gasteiger charge is 2.26. The maximum Gasteiger partial charge on any atom is 0.405 e. The molecule has 0 amide bonds. The molecule has 1 aromatic carbocycles. The summed E-state index contributed by atoms with van der Waals surface area (Å²) in [4.78, 5) is 0. The van der Waals surface area contributed by atoms with Crippen LogP contribution in [0.15, 0.2) is 22.7 Å². The molecule has 0 atom stereocenters. The smallest absolute Gasteiger partial charge is 0.376 e. The summed E-state index contributed by atoms with van der Waals surface area (Å²) in [5, 5.41) is 2.14. The highest BCUT2D eigenvalue weighted by Crippen LogP contribution is 2.24. The standard InChI is InChI=1S/C8H6BrF4N/c9-6-3-5(10)1-2-7(6)14-4-8(11,12)13/h1-3,14H,4H2. The first-order valence-electron chi connectivity index (χ1n) is 3.64. The summed E-state index contributed by atoms with van der Waals surface area (Å²) in [5.41, 5.74) is 0.212. The third-order valence-corrected chi connectivity index (χ3v) is 2.07. The lowest BCUT2D eigenvalue weighted by Gasteiger charge is -2.10. The molecule has 0 saturated carbocycles. The monoisotopic (exact) mass is 271 g/mol. The van der Waals surface area contributed by atoms with E-state index in [1.54, 1.807) is 0 Å². The molecule has 14 heavy (non-hydrogen) atoms. The minimum absolute atomic E-state index is 0.212. The molecule has 1 nitrogen and oxygen atoms in total. The second-order valence-electron chi connectivity index (χ2n) is 2.59. The summed E-state index contributed by atoms with van der Waals surface area (Å²) in [6.45, 7) is -1.14. The molecule has 1 N–H and O–H groups in total. The van der Waals surface area contributed by atoms with Crippen molar-refractivity contribution in [3.05, 3.63) is 28.5 Å². The molecule has 0 heterocycles. The number of hydrogen-bond acceptors (Lipinski definition) is 1. The Morgan fingerprint density at radius 2 is 1.93 bits per heavy atom. The van der Waals surface area contributed by atoms with Crippen molar-refractivity contribution in [3.63, 3.8) is 0 Å². The number of halogens is 5. The SMILES string of the molecule is Fc1ccc(NCC(F)(F)F)c(Br)c1. The van der Waals surface area contributed by atoms with Crippen LogP contribution in [0.2, 0.25) is 0 Å². The van der Waals surface area contributed by atoms with Crippen LogP contribution >= 0.6 is 15.9 Å². The lowest BCUT2D eigenvalue weighted by molar-refractivity contribution is -0.115. The first kappa shape index (κ1) is 11.3. The predicted molar refractivity (Wildman–Crippen MR) is 48.6 cm³/mol. The van der Waals surface area contributed by atoms with Crippen molar-refractivity contribution >= 4 is 21.6 Å². The first-order valence-corrected chi connectivity index (χ1v) is 4.43. The van der Waals surface area contributed by atoms with Crippen molar-refractivity contribution in [2.75, 3.05) is 11.9 Å². The molecular weight excluding hydrogens is 266 g/mol. The number of alkyl halides is 3. The molecule has 0 radical (unpaired) electrons. The molecule has 0 aliphatic heterocycles. The van der Waals surface area contributed by atoms with E-state index in [-0.39, 0.29) is 10.2 Å². The van der Waals surface area contributed by atoms with Crippen LogP contribution in [0.1, 0.15) is 0 Å². The molecular formula is C8H6BrF4N. The minimum atomic E-state index is -4.28. The average Bonchev–Trinajstić information content (AvgIpc) is 2.00. The van der Waals surface area contributed by atoms with Gasteiger partial charge in [-0.2, -0.15) is 13.2 Å². The zero-order valence-corrected chi connectivity index (χ0v) is 8.41. The molecule has 0 aliphatic carbocycles. The van der Waals surface area contributed by atoms with Crippen LogP contribution in [-0.2, 0) is 0 Å². The van der Waals surface area contributed by atoms with Crippen molar-refractivity contribution in [2.45, 2.75) is 6.18 Å². The van der Waals surface area contributed by atoms with Crippen LogP contribution in [0.5, 0.6) is 0 Å². The molecule has 0 spiro atoms. The van der Waals surface area contributed by atoms with Crippen molar-refractivity contribution < 1.29 is 17.6 Å². The van der Waals surface area contributed by atoms with E-state index in [0.717, 1.165) is 12.1 Å². The highest BCUT2D eigenvalue weighted by molar-refractivity contribution is 9.10. The van der Waals surface area contributed by atoms with Gasteiger partial charge in [-0.25, -0.2) is 4.39 Å². The molecule has 0 saturated heterocycles. The number of nitrogens with one attached hydrogen (secondary N) is 1. The van der Waals surface area contributed by atoms with Crippen LogP contribution in [0.4, 0.5) is 23.2 Å². The van der Waals surface area contributed by atoms with Gasteiger partial charge >= 0.3 is 6.18 Å². The van der Waals surface area contributed by atoms with Crippen molar-refractivity contribution in [2.24, 2.45) is 0 Å². The van der Waals surface area contributed by atoms with Gasteiger partial charge in [-0.1, -0.05) is 0 Å². The van der Waals surface area contributed by atoms with Gasteiger partial charge in [0, 0.05) is 10.2 Å². The molecule has 0 aromatic heterocycles. The average molecular weight is 272 g/mol. The fourth-order valence-corrected chi connectivity index (χ4v) is 1.32. The van der Waals surface area contributed by atoms with Gasteiger partial charge in [0.1, 0.15) is 12.4 Å². The molecule has 6 heteroatoms. The Kier molecular flexibility index (Phi) is 3.36. The van der Waals surface area contributed by atoms with E-state index in [1.807, 2.05) is 0 Å². The van der Waals surface area contributed by atoms with Gasteiger partial charge < -0.3 is 5.32 Å². The summed E-state index contributed by atoms with van der Waals surface area (Å²) >= 11 is 2.94. The van der Waals surface area contributed by atoms with Crippen molar-refractivity contribution in [3.8, 4) is 0 Å². The summed E-state index contributed by atoms with van der Waals surface area (Å²) < 4.78 is 48.2. The van der Waals surface area contributed by atoms with E-state index in [9.17, 15) is 17.6 Å². The fourth-order valence-electron chi connectivity index (χ4n) is 0.828. The van der Waals surface area contributed by atoms with Gasteiger partial charge in [0.15, 0.2) is 0 Å². The van der Waals surface area contributed by atoms with Crippen LogP contribution in [-0.4, -0.2) is 12.7 Å². The topological polar surface area (TPSA) is 12.0 Å². The lowest BCUT2D eigenvalue weighted by atomic mass is 10.3. The van der Waals surface area contributed by atoms with E-state index in [4.69, 9.17) is 0 Å². The number of anilines is 1. The maximum atomic E-state index is 12.5. The number of benzene rings is 1. The third kappa shape index (κ3) is 3.53. The lowest BCUT2D eigenvalue weighted by Crippen LogP contribution is -2.21. The van der Waals surface area contributed by atoms with E-state index in [0.29, 0.717) is 0 Å². The Bertz CT molecular complexity index is 324. The van der Waals surface area contributed by atoms with Crippen molar-refractivity contribution in [1.29, 1.82) is 0 Å². The van der Waals surface area contributed by atoms with Crippen LogP contribution in [0.25, 0.3) is 0 Å². The molecule has 78 valence electrons. The zero-order valence-electron chi connectivity index (χ0n) is 6.83. The van der Waals surface area contributed by atoms with Crippen LogP contribution in [0.3, 0.4) is 0 Å². The quantitative estimate of drug-likeness (QED) is 0.811. The largest absolute Gasteiger partial charge is 0.405 e. The van der Waals surface area contributed by atoms with Gasteiger partial charge in [0.05, 0.1) is 0 Å². The Labute approximate surface area is 86.2 Å². The molecule has 0 unspecified atom stereocenters. The van der Waals surface area contributed by atoms with Crippen molar-refractivity contribution in [1.82, 2.24) is 0 Å². The summed E-state index contributed by atoms with van der Waals surface area (Å²) in [6.07, 6.45) is -4.28. The Hall–Kier alpha value is -0.780. The van der Waals surface area contributed by atoms with Crippen LogP contribution < -0.4 is 5.32 Å². The summed E-state index contributed by atoms with van der Waals surface area (Å²) in [7, 11) is 0. The second kappa shape index (κ2) is 4.16. The van der Waals surface area contributed by atoms with Gasteiger partial charge in [-0.05, 0) is 34.1 Å². The Morgan fingerprint density at radius 1 is 1.29 bits per heavy atom. The van der Waals surface area contributed by atoms with E-state index in [2.05, 4.69) is 21.2 Å². The third-order valence-electron chi connectivity index (χ3n) is 1.41. The maximum absolute atomic E-state index is 12.5.